The lowest BCUT2D eigenvalue weighted by Gasteiger charge is -2.12. The van der Waals surface area contributed by atoms with E-state index in [0.29, 0.717) is 0 Å². The van der Waals surface area contributed by atoms with Crippen molar-refractivity contribution in [2.24, 2.45) is 0 Å². The Morgan fingerprint density at radius 3 is 2.65 bits per heavy atom. The summed E-state index contributed by atoms with van der Waals surface area (Å²) in [6.45, 7) is 0. The molecule has 4 nitrogen and oxygen atoms in total. The molecule has 17 heavy (non-hydrogen) atoms. The van der Waals surface area contributed by atoms with Crippen LogP contribution in [0.25, 0.3) is 0 Å². The van der Waals surface area contributed by atoms with Gasteiger partial charge < -0.3 is 5.32 Å². The van der Waals surface area contributed by atoms with E-state index in [1.54, 1.807) is 0 Å². The Morgan fingerprint density at radius 1 is 1.35 bits per heavy atom. The number of amides is 2. The minimum Gasteiger partial charge on any atom is -0.371 e. The number of benzene rings is 1. The van der Waals surface area contributed by atoms with Gasteiger partial charge in [0.25, 0.3) is 5.91 Å². The molecule has 6 heteroatoms. The Bertz CT molecular complexity index is 490. The van der Waals surface area contributed by atoms with Crippen molar-refractivity contribution >= 4 is 17.5 Å². The van der Waals surface area contributed by atoms with Crippen LogP contribution in [-0.4, -0.2) is 29.8 Å². The van der Waals surface area contributed by atoms with Gasteiger partial charge in [-0.2, -0.15) is 0 Å². The fraction of sp³-hybridized carbons (Fsp3) is 0.273. The van der Waals surface area contributed by atoms with Crippen LogP contribution in [0.5, 0.6) is 0 Å². The van der Waals surface area contributed by atoms with Gasteiger partial charge in [-0.1, -0.05) is 0 Å². The molecule has 2 amide bonds. The lowest BCUT2D eigenvalue weighted by molar-refractivity contribution is -0.136. The topological polar surface area (TPSA) is 49.4 Å². The van der Waals surface area contributed by atoms with Crippen molar-refractivity contribution in [2.45, 2.75) is 12.5 Å². The zero-order chi connectivity index (χ0) is 12.6. The van der Waals surface area contributed by atoms with Crippen LogP contribution in [-0.2, 0) is 9.59 Å². The van der Waals surface area contributed by atoms with Crippen LogP contribution in [0.3, 0.4) is 0 Å². The number of nitrogens with one attached hydrogen (secondary N) is 1. The number of hydrogen-bond donors (Lipinski definition) is 1. The van der Waals surface area contributed by atoms with Gasteiger partial charge in [-0.3, -0.25) is 14.5 Å². The molecular weight excluding hydrogens is 230 g/mol. The van der Waals surface area contributed by atoms with E-state index in [0.717, 1.165) is 23.1 Å². The lowest BCUT2D eigenvalue weighted by atomic mass is 10.2. The highest BCUT2D eigenvalue weighted by atomic mass is 19.1. The first-order valence-corrected chi connectivity index (χ1v) is 5.01. The summed E-state index contributed by atoms with van der Waals surface area (Å²) in [5.41, 5.74) is -0.119. The molecule has 90 valence electrons. The quantitative estimate of drug-likeness (QED) is 0.788. The highest BCUT2D eigenvalue weighted by Gasteiger charge is 2.36. The third kappa shape index (κ3) is 2.11. The molecule has 2 rings (SSSR count). The van der Waals surface area contributed by atoms with Crippen LogP contribution in [0.2, 0.25) is 0 Å². The van der Waals surface area contributed by atoms with Gasteiger partial charge in [-0.05, 0) is 18.2 Å². The first kappa shape index (κ1) is 11.5. The van der Waals surface area contributed by atoms with E-state index in [-0.39, 0.29) is 18.0 Å². The molecule has 0 radical (unpaired) electrons. The number of likely N-dealkylation sites (tertiary alicyclic amines) is 1. The molecule has 1 unspecified atom stereocenters. The average molecular weight is 240 g/mol. The summed E-state index contributed by atoms with van der Waals surface area (Å²) in [6, 6.07) is 2.06. The minimum absolute atomic E-state index is 0.0503. The van der Waals surface area contributed by atoms with E-state index >= 15 is 0 Å². The molecule has 1 aliphatic rings. The summed E-state index contributed by atoms with van der Waals surface area (Å²) < 4.78 is 26.2. The van der Waals surface area contributed by atoms with E-state index in [4.69, 9.17) is 0 Å². The van der Waals surface area contributed by atoms with Crippen LogP contribution in [0, 0.1) is 11.6 Å². The standard InChI is InChI=1S/C11H10F2N2O2/c1-15-10(16)5-9(11(15)17)14-8-4-6(12)2-3-7(8)13/h2-4,9,14H,5H2,1H3. The van der Waals surface area contributed by atoms with Crippen LogP contribution < -0.4 is 5.32 Å². The molecular formula is C11H10F2N2O2. The summed E-state index contributed by atoms with van der Waals surface area (Å²) in [6.07, 6.45) is -0.0503. The summed E-state index contributed by atoms with van der Waals surface area (Å²) in [4.78, 5) is 23.7. The zero-order valence-corrected chi connectivity index (χ0v) is 9.04. The van der Waals surface area contributed by atoms with Crippen LogP contribution >= 0.6 is 0 Å². The monoisotopic (exact) mass is 240 g/mol. The van der Waals surface area contributed by atoms with E-state index in [2.05, 4.69) is 5.32 Å². The number of likely N-dealkylation sites (N-methyl/N-ethyl adjacent to an activating group) is 1. The predicted molar refractivity (Wildman–Crippen MR) is 56.2 cm³/mol. The van der Waals surface area contributed by atoms with Gasteiger partial charge in [0.15, 0.2) is 0 Å². The molecule has 1 fully saturated rings. The Balaban J connectivity index is 2.19. The molecule has 0 aromatic heterocycles. The van der Waals surface area contributed by atoms with Crippen molar-refractivity contribution in [3.05, 3.63) is 29.8 Å². The van der Waals surface area contributed by atoms with Gasteiger partial charge in [0.05, 0.1) is 12.1 Å². The smallest absolute Gasteiger partial charge is 0.251 e. The Hall–Kier alpha value is -1.98. The molecule has 0 saturated carbocycles. The van der Waals surface area contributed by atoms with Gasteiger partial charge >= 0.3 is 0 Å². The third-order valence-electron chi connectivity index (χ3n) is 2.64. The van der Waals surface area contributed by atoms with E-state index < -0.39 is 23.6 Å². The van der Waals surface area contributed by atoms with Gasteiger partial charge in [0.2, 0.25) is 5.91 Å². The Kier molecular flexibility index (Phi) is 2.79. The summed E-state index contributed by atoms with van der Waals surface area (Å²) in [7, 11) is 1.36. The maximum Gasteiger partial charge on any atom is 0.251 e. The fourth-order valence-electron chi connectivity index (χ4n) is 1.66. The van der Waals surface area contributed by atoms with Gasteiger partial charge in [-0.25, -0.2) is 8.78 Å². The van der Waals surface area contributed by atoms with Crippen LogP contribution in [0.4, 0.5) is 14.5 Å². The molecule has 1 aromatic rings. The number of nitrogens with zero attached hydrogens (tertiary/aromatic N) is 1. The number of carbonyl (C=O) groups excluding carboxylic acids is 2. The first-order valence-electron chi connectivity index (χ1n) is 5.01. The number of halogens is 2. The minimum atomic E-state index is -0.830. The molecule has 1 saturated heterocycles. The van der Waals surface area contributed by atoms with Gasteiger partial charge in [0.1, 0.15) is 17.7 Å². The number of imide groups is 1. The van der Waals surface area contributed by atoms with Crippen molar-refractivity contribution in [2.75, 3.05) is 12.4 Å². The number of anilines is 1. The fourth-order valence-corrected chi connectivity index (χ4v) is 1.66. The van der Waals surface area contributed by atoms with Crippen molar-refractivity contribution in [3.63, 3.8) is 0 Å². The van der Waals surface area contributed by atoms with Crippen molar-refractivity contribution in [1.82, 2.24) is 4.90 Å². The third-order valence-corrected chi connectivity index (χ3v) is 2.64. The Morgan fingerprint density at radius 2 is 2.06 bits per heavy atom. The molecule has 1 N–H and O–H groups in total. The second-order valence-electron chi connectivity index (χ2n) is 3.82. The van der Waals surface area contributed by atoms with Crippen LogP contribution in [0.1, 0.15) is 6.42 Å². The van der Waals surface area contributed by atoms with Gasteiger partial charge in [0, 0.05) is 7.05 Å². The van der Waals surface area contributed by atoms with Crippen LogP contribution in [0.15, 0.2) is 18.2 Å². The molecule has 1 aliphatic heterocycles. The molecule has 1 heterocycles. The van der Waals surface area contributed by atoms with Crippen molar-refractivity contribution < 1.29 is 18.4 Å². The summed E-state index contributed by atoms with van der Waals surface area (Å²) >= 11 is 0. The highest BCUT2D eigenvalue weighted by Crippen LogP contribution is 2.20. The molecule has 1 aromatic carbocycles. The van der Waals surface area contributed by atoms with E-state index in [1.807, 2.05) is 0 Å². The maximum atomic E-state index is 13.3. The second-order valence-corrected chi connectivity index (χ2v) is 3.82. The van der Waals surface area contributed by atoms with E-state index in [9.17, 15) is 18.4 Å². The molecule has 0 spiro atoms. The predicted octanol–water partition coefficient (Wildman–Crippen LogP) is 1.13. The summed E-state index contributed by atoms with van der Waals surface area (Å²) in [5.74, 6) is -2.07. The molecule has 0 bridgehead atoms. The van der Waals surface area contributed by atoms with Crippen molar-refractivity contribution in [1.29, 1.82) is 0 Å². The Labute approximate surface area is 96.2 Å². The normalized spacial score (nSPS) is 19.9. The van der Waals surface area contributed by atoms with Gasteiger partial charge in [-0.15, -0.1) is 0 Å². The number of rotatable bonds is 2. The first-order chi connectivity index (χ1) is 7.99. The average Bonchev–Trinajstić information content (AvgIpc) is 2.52. The SMILES string of the molecule is CN1C(=O)CC(Nc2cc(F)ccc2F)C1=O. The largest absolute Gasteiger partial charge is 0.371 e. The van der Waals surface area contributed by atoms with Crippen molar-refractivity contribution in [3.8, 4) is 0 Å². The second kappa shape index (κ2) is 4.12. The zero-order valence-electron chi connectivity index (χ0n) is 9.04. The van der Waals surface area contributed by atoms with E-state index in [1.165, 1.54) is 7.05 Å². The highest BCUT2D eigenvalue weighted by molar-refractivity contribution is 6.06. The molecule has 0 aliphatic carbocycles. The number of hydrogen-bond acceptors (Lipinski definition) is 3. The molecule has 1 atom stereocenters. The lowest BCUT2D eigenvalue weighted by Crippen LogP contribution is -2.32. The summed E-state index contributed by atoms with van der Waals surface area (Å²) in [5, 5.41) is 2.53. The maximum absolute atomic E-state index is 13.3. The number of carbonyl (C=O) groups is 2.